The van der Waals surface area contributed by atoms with E-state index in [0.29, 0.717) is 0 Å². The molecule has 0 aromatic carbocycles. The number of hydrogen-bond donors (Lipinski definition) is 0. The summed E-state index contributed by atoms with van der Waals surface area (Å²) in [5, 5.41) is 0. The van der Waals surface area contributed by atoms with Crippen LogP contribution in [-0.4, -0.2) is 25.5 Å². The fraction of sp³-hybridized carbons (Fsp3) is 0.667. The predicted octanol–water partition coefficient (Wildman–Crippen LogP) is 1.22. The Morgan fingerprint density at radius 2 is 1.75 bits per heavy atom. The van der Waals surface area contributed by atoms with Crippen molar-refractivity contribution in [3.05, 3.63) is 14.4 Å². The molecule has 0 bridgehead atoms. The van der Waals surface area contributed by atoms with Crippen LogP contribution in [0.5, 0.6) is 0 Å². The minimum Gasteiger partial charge on any atom is -0.358 e. The molecule has 0 aliphatic heterocycles. The molecule has 8 heavy (non-hydrogen) atoms. The van der Waals surface area contributed by atoms with Crippen LogP contribution < -0.4 is 0 Å². The summed E-state index contributed by atoms with van der Waals surface area (Å²) in [4.78, 5) is 2.12. The maximum Gasteiger partial charge on any atom is 2.00 e. The molecule has 2 heteroatoms. The Labute approximate surface area is 66.2 Å². The Morgan fingerprint density at radius 1 is 1.38 bits per heavy atom. The van der Waals surface area contributed by atoms with E-state index in [1.807, 2.05) is 14.1 Å². The van der Waals surface area contributed by atoms with Crippen LogP contribution in [0.25, 0.3) is 0 Å². The summed E-state index contributed by atoms with van der Waals surface area (Å²) in [5.41, 5.74) is 0. The molecule has 0 saturated carbocycles. The molecule has 0 unspecified atom stereocenters. The molecular formula is C6H15NZn. The minimum absolute atomic E-state index is 0. The molecule has 0 amide bonds. The maximum absolute atomic E-state index is 3.68. The van der Waals surface area contributed by atoms with Crippen LogP contribution in [0.3, 0.4) is 0 Å². The van der Waals surface area contributed by atoms with Crippen molar-refractivity contribution >= 4 is 0 Å². The van der Waals surface area contributed by atoms with Crippen molar-refractivity contribution in [1.82, 2.24) is 4.90 Å². The maximum atomic E-state index is 3.68. The fourth-order valence-electron chi connectivity index (χ4n) is 0.316. The molecule has 0 aromatic rings. The molecule has 0 rings (SSSR count). The molecule has 0 heterocycles. The topological polar surface area (TPSA) is 3.24 Å². The number of rotatable bonds is 2. The van der Waals surface area contributed by atoms with Gasteiger partial charge >= 0.3 is 19.5 Å². The zero-order valence-corrected chi connectivity index (χ0v) is 9.24. The molecule has 0 aromatic heterocycles. The summed E-state index contributed by atoms with van der Waals surface area (Å²) in [7, 11) is 4.09. The summed E-state index contributed by atoms with van der Waals surface area (Å²) in [5.74, 6) is 0. The number of nitrogens with zero attached hydrogens (tertiary/aromatic N) is 1. The van der Waals surface area contributed by atoms with Crippen LogP contribution in [0.1, 0.15) is 6.42 Å². The Hall–Kier alpha value is 0.583. The van der Waals surface area contributed by atoms with Crippen LogP contribution >= 0.6 is 0 Å². The Balaban J connectivity index is -0.000000125. The average Bonchev–Trinajstić information content (AvgIpc) is 1.35. The quantitative estimate of drug-likeness (QED) is 0.441. The van der Waals surface area contributed by atoms with Gasteiger partial charge in [-0.15, -0.1) is 0 Å². The van der Waals surface area contributed by atoms with Crippen LogP contribution in [0.4, 0.5) is 0 Å². The minimum atomic E-state index is 0. The van der Waals surface area contributed by atoms with Crippen molar-refractivity contribution < 1.29 is 19.5 Å². The zero-order valence-electron chi connectivity index (χ0n) is 6.28. The summed E-state index contributed by atoms with van der Waals surface area (Å²) < 4.78 is 0. The standard InChI is InChI=1S/C5H12N.CH3.Zn/c1-4-5-6(2)3;;/h1,4-5H2,2-3H3;1H3;/q2*-1;+2. The fourth-order valence-corrected chi connectivity index (χ4v) is 0.316. The zero-order chi connectivity index (χ0) is 4.99. The van der Waals surface area contributed by atoms with Gasteiger partial charge in [-0.2, -0.15) is 6.42 Å². The normalized spacial score (nSPS) is 7.50. The second-order valence-electron chi connectivity index (χ2n) is 1.66. The van der Waals surface area contributed by atoms with Crippen molar-refractivity contribution in [3.63, 3.8) is 0 Å². The Morgan fingerprint density at radius 3 is 1.75 bits per heavy atom. The van der Waals surface area contributed by atoms with Gasteiger partial charge in [0.05, 0.1) is 0 Å². The van der Waals surface area contributed by atoms with Gasteiger partial charge in [0.1, 0.15) is 0 Å². The van der Waals surface area contributed by atoms with Gasteiger partial charge in [-0.1, -0.05) is 0 Å². The van der Waals surface area contributed by atoms with Gasteiger partial charge in [0.2, 0.25) is 0 Å². The van der Waals surface area contributed by atoms with Crippen molar-refractivity contribution in [2.24, 2.45) is 0 Å². The SMILES string of the molecule is [CH2-]CCN(C)C.[CH3-].[Zn+2]. The monoisotopic (exact) mass is 165 g/mol. The first-order chi connectivity index (χ1) is 2.77. The second kappa shape index (κ2) is 10.5. The van der Waals surface area contributed by atoms with Crippen LogP contribution in [0.15, 0.2) is 0 Å². The molecule has 0 atom stereocenters. The summed E-state index contributed by atoms with van der Waals surface area (Å²) in [6.07, 6.45) is 1.01. The van der Waals surface area contributed by atoms with E-state index >= 15 is 0 Å². The molecular weight excluding hydrogens is 151 g/mol. The molecule has 0 aliphatic rings. The third kappa shape index (κ3) is 16.0. The molecule has 0 N–H and O–H groups in total. The van der Waals surface area contributed by atoms with Gasteiger partial charge in [-0.25, -0.2) is 0 Å². The van der Waals surface area contributed by atoms with Crippen molar-refractivity contribution in [2.45, 2.75) is 6.42 Å². The predicted molar refractivity (Wildman–Crippen MR) is 34.9 cm³/mol. The Kier molecular flexibility index (Phi) is 20.9. The van der Waals surface area contributed by atoms with Gasteiger partial charge in [-0.05, 0) is 20.6 Å². The largest absolute Gasteiger partial charge is 2.00 e. The molecule has 0 aliphatic carbocycles. The molecule has 1 nitrogen and oxygen atoms in total. The summed E-state index contributed by atoms with van der Waals surface area (Å²) in [6, 6.07) is 0. The van der Waals surface area contributed by atoms with Gasteiger partial charge in [0, 0.05) is 0 Å². The summed E-state index contributed by atoms with van der Waals surface area (Å²) in [6.45, 7) is 4.78. The third-order valence-corrected chi connectivity index (χ3v) is 0.605. The summed E-state index contributed by atoms with van der Waals surface area (Å²) >= 11 is 0. The molecule has 0 fully saturated rings. The van der Waals surface area contributed by atoms with E-state index in [9.17, 15) is 0 Å². The van der Waals surface area contributed by atoms with Crippen molar-refractivity contribution in [3.8, 4) is 0 Å². The van der Waals surface area contributed by atoms with Crippen LogP contribution in [0.2, 0.25) is 0 Å². The first kappa shape index (κ1) is 15.8. The second-order valence-corrected chi connectivity index (χ2v) is 1.66. The Bertz CT molecular complexity index is 29.7. The van der Waals surface area contributed by atoms with Gasteiger partial charge < -0.3 is 19.3 Å². The van der Waals surface area contributed by atoms with E-state index in [2.05, 4.69) is 11.8 Å². The van der Waals surface area contributed by atoms with Gasteiger partial charge in [0.15, 0.2) is 0 Å². The van der Waals surface area contributed by atoms with Crippen LogP contribution in [0, 0.1) is 14.4 Å². The van der Waals surface area contributed by atoms with E-state index in [0.717, 1.165) is 13.0 Å². The van der Waals surface area contributed by atoms with Crippen molar-refractivity contribution in [1.29, 1.82) is 0 Å². The van der Waals surface area contributed by atoms with Crippen molar-refractivity contribution in [2.75, 3.05) is 20.6 Å². The van der Waals surface area contributed by atoms with E-state index in [4.69, 9.17) is 0 Å². The first-order valence-corrected chi connectivity index (χ1v) is 2.21. The molecule has 46 valence electrons. The van der Waals surface area contributed by atoms with Gasteiger partial charge in [-0.3, -0.25) is 0 Å². The first-order valence-electron chi connectivity index (χ1n) is 2.21. The number of hydrogen-bond acceptors (Lipinski definition) is 1. The van der Waals surface area contributed by atoms with E-state index < -0.39 is 0 Å². The molecule has 0 saturated heterocycles. The third-order valence-electron chi connectivity index (χ3n) is 0.605. The smallest absolute Gasteiger partial charge is 0.358 e. The van der Waals surface area contributed by atoms with E-state index in [-0.39, 0.29) is 26.9 Å². The van der Waals surface area contributed by atoms with Crippen LogP contribution in [-0.2, 0) is 19.5 Å². The molecule has 0 radical (unpaired) electrons. The van der Waals surface area contributed by atoms with E-state index in [1.165, 1.54) is 0 Å². The van der Waals surface area contributed by atoms with Gasteiger partial charge in [0.25, 0.3) is 0 Å². The van der Waals surface area contributed by atoms with E-state index in [1.54, 1.807) is 0 Å². The molecule has 0 spiro atoms. The average molecular weight is 167 g/mol.